The van der Waals surface area contributed by atoms with Crippen LogP contribution in [-0.2, 0) is 6.54 Å². The third-order valence-corrected chi connectivity index (χ3v) is 3.24. The van der Waals surface area contributed by atoms with Gasteiger partial charge in [0.05, 0.1) is 5.69 Å². The summed E-state index contributed by atoms with van der Waals surface area (Å²) in [6, 6.07) is 3.93. The van der Waals surface area contributed by atoms with Crippen LogP contribution < -0.4 is 11.1 Å². The molecule has 7 heteroatoms. The Bertz CT molecular complexity index is 587. The Morgan fingerprint density at radius 1 is 1.56 bits per heavy atom. The Kier molecular flexibility index (Phi) is 3.90. The fourth-order valence-electron chi connectivity index (χ4n) is 1.29. The van der Waals surface area contributed by atoms with Crippen molar-refractivity contribution < 1.29 is 9.18 Å². The van der Waals surface area contributed by atoms with E-state index in [1.54, 1.807) is 5.38 Å². The standard InChI is InChI=1S/C11H9ClFN3OS/c12-6-1-2-7(13)8(3-6)16-11(17)9-5-18-10(4-14)15-9/h1-3,5H,4,14H2,(H,16,17). The molecule has 2 aromatic rings. The zero-order valence-corrected chi connectivity index (χ0v) is 10.7. The Balaban J connectivity index is 2.18. The number of amides is 1. The average Bonchev–Trinajstić information content (AvgIpc) is 2.82. The van der Waals surface area contributed by atoms with Gasteiger partial charge in [0, 0.05) is 16.9 Å². The molecule has 94 valence electrons. The molecule has 4 nitrogen and oxygen atoms in total. The van der Waals surface area contributed by atoms with Gasteiger partial charge >= 0.3 is 0 Å². The van der Waals surface area contributed by atoms with Gasteiger partial charge in [-0.3, -0.25) is 4.79 Å². The van der Waals surface area contributed by atoms with Gasteiger partial charge in [-0.2, -0.15) is 0 Å². The number of carbonyl (C=O) groups is 1. The Labute approximate surface area is 112 Å². The topological polar surface area (TPSA) is 68.0 Å². The van der Waals surface area contributed by atoms with Crippen LogP contribution in [0.1, 0.15) is 15.5 Å². The summed E-state index contributed by atoms with van der Waals surface area (Å²) in [5.74, 6) is -1.05. The van der Waals surface area contributed by atoms with Gasteiger partial charge in [0.15, 0.2) is 0 Å². The molecule has 1 heterocycles. The number of nitrogens with zero attached hydrogens (tertiary/aromatic N) is 1. The van der Waals surface area contributed by atoms with E-state index in [2.05, 4.69) is 10.3 Å². The molecule has 18 heavy (non-hydrogen) atoms. The minimum atomic E-state index is -0.554. The van der Waals surface area contributed by atoms with Gasteiger partial charge in [-0.25, -0.2) is 9.37 Å². The van der Waals surface area contributed by atoms with E-state index in [9.17, 15) is 9.18 Å². The van der Waals surface area contributed by atoms with Gasteiger partial charge in [0.1, 0.15) is 16.5 Å². The first-order chi connectivity index (χ1) is 8.60. The largest absolute Gasteiger partial charge is 0.325 e. The van der Waals surface area contributed by atoms with Gasteiger partial charge in [0.2, 0.25) is 0 Å². The van der Waals surface area contributed by atoms with E-state index in [4.69, 9.17) is 17.3 Å². The number of halogens is 2. The molecule has 0 aliphatic heterocycles. The van der Waals surface area contributed by atoms with Crippen molar-refractivity contribution in [1.82, 2.24) is 4.98 Å². The number of rotatable bonds is 3. The average molecular weight is 286 g/mol. The summed E-state index contributed by atoms with van der Waals surface area (Å²) in [6.45, 7) is 0.267. The van der Waals surface area contributed by atoms with Crippen molar-refractivity contribution in [2.24, 2.45) is 5.73 Å². The van der Waals surface area contributed by atoms with E-state index >= 15 is 0 Å². The minimum Gasteiger partial charge on any atom is -0.325 e. The summed E-state index contributed by atoms with van der Waals surface area (Å²) in [5, 5.41) is 4.96. The van der Waals surface area contributed by atoms with Crippen LogP contribution in [0.4, 0.5) is 10.1 Å². The number of nitrogens with two attached hydrogens (primary N) is 1. The number of anilines is 1. The highest BCUT2D eigenvalue weighted by molar-refractivity contribution is 7.09. The maximum absolute atomic E-state index is 13.4. The molecule has 3 N–H and O–H groups in total. The van der Waals surface area contributed by atoms with Crippen molar-refractivity contribution >= 4 is 34.5 Å². The first kappa shape index (κ1) is 12.9. The monoisotopic (exact) mass is 285 g/mol. The normalized spacial score (nSPS) is 10.4. The fraction of sp³-hybridized carbons (Fsp3) is 0.0909. The van der Waals surface area contributed by atoms with Crippen LogP contribution >= 0.6 is 22.9 Å². The second-order valence-electron chi connectivity index (χ2n) is 3.41. The van der Waals surface area contributed by atoms with E-state index in [0.29, 0.717) is 10.0 Å². The third kappa shape index (κ3) is 2.84. The summed E-state index contributed by atoms with van der Waals surface area (Å²) >= 11 is 7.00. The lowest BCUT2D eigenvalue weighted by molar-refractivity contribution is 0.102. The Hall–Kier alpha value is -1.50. The Morgan fingerprint density at radius 3 is 3.00 bits per heavy atom. The molecule has 0 bridgehead atoms. The quantitative estimate of drug-likeness (QED) is 0.911. The predicted octanol–water partition coefficient (Wildman–Crippen LogP) is 2.65. The number of thiazole rings is 1. The molecule has 0 fully saturated rings. The molecule has 0 saturated carbocycles. The van der Waals surface area contributed by atoms with E-state index in [-0.39, 0.29) is 17.9 Å². The maximum Gasteiger partial charge on any atom is 0.275 e. The lowest BCUT2D eigenvalue weighted by Gasteiger charge is -2.04. The fourth-order valence-corrected chi connectivity index (χ4v) is 2.12. The number of aromatic nitrogens is 1. The van der Waals surface area contributed by atoms with E-state index < -0.39 is 11.7 Å². The van der Waals surface area contributed by atoms with Crippen molar-refractivity contribution in [2.75, 3.05) is 5.32 Å². The number of benzene rings is 1. The molecular formula is C11H9ClFN3OS. The van der Waals surface area contributed by atoms with Gasteiger partial charge < -0.3 is 11.1 Å². The van der Waals surface area contributed by atoms with Crippen molar-refractivity contribution in [3.05, 3.63) is 45.1 Å². The van der Waals surface area contributed by atoms with Gasteiger partial charge in [-0.1, -0.05) is 11.6 Å². The molecule has 2 rings (SSSR count). The lowest BCUT2D eigenvalue weighted by atomic mass is 10.3. The van der Waals surface area contributed by atoms with Crippen LogP contribution in [0.3, 0.4) is 0 Å². The summed E-state index contributed by atoms with van der Waals surface area (Å²) < 4.78 is 13.4. The zero-order chi connectivity index (χ0) is 13.1. The van der Waals surface area contributed by atoms with Crippen molar-refractivity contribution in [2.45, 2.75) is 6.54 Å². The minimum absolute atomic E-state index is 0.0230. The smallest absolute Gasteiger partial charge is 0.275 e. The first-order valence-electron chi connectivity index (χ1n) is 5.01. The molecule has 1 aromatic heterocycles. The number of hydrogen-bond acceptors (Lipinski definition) is 4. The van der Waals surface area contributed by atoms with Crippen LogP contribution in [0, 0.1) is 5.82 Å². The highest BCUT2D eigenvalue weighted by Gasteiger charge is 2.12. The third-order valence-electron chi connectivity index (χ3n) is 2.14. The van der Waals surface area contributed by atoms with Crippen molar-refractivity contribution in [3.63, 3.8) is 0 Å². The molecular weight excluding hydrogens is 277 g/mol. The maximum atomic E-state index is 13.4. The number of nitrogens with one attached hydrogen (secondary N) is 1. The number of carbonyl (C=O) groups excluding carboxylic acids is 1. The van der Waals surface area contributed by atoms with Crippen molar-refractivity contribution in [3.8, 4) is 0 Å². The second-order valence-corrected chi connectivity index (χ2v) is 4.79. The molecule has 0 aliphatic carbocycles. The highest BCUT2D eigenvalue weighted by Crippen LogP contribution is 2.20. The molecule has 1 amide bonds. The van der Waals surface area contributed by atoms with Crippen LogP contribution in [0.5, 0.6) is 0 Å². The molecule has 0 spiro atoms. The van der Waals surface area contributed by atoms with Crippen LogP contribution in [0.25, 0.3) is 0 Å². The van der Waals surface area contributed by atoms with E-state index in [1.807, 2.05) is 0 Å². The van der Waals surface area contributed by atoms with Gasteiger partial charge in [-0.05, 0) is 18.2 Å². The van der Waals surface area contributed by atoms with Gasteiger partial charge in [-0.15, -0.1) is 11.3 Å². The van der Waals surface area contributed by atoms with E-state index in [1.165, 1.54) is 29.5 Å². The first-order valence-corrected chi connectivity index (χ1v) is 6.27. The molecule has 1 aromatic carbocycles. The van der Waals surface area contributed by atoms with Crippen LogP contribution in [-0.4, -0.2) is 10.9 Å². The van der Waals surface area contributed by atoms with Crippen molar-refractivity contribution in [1.29, 1.82) is 0 Å². The summed E-state index contributed by atoms with van der Waals surface area (Å²) in [7, 11) is 0. The second kappa shape index (κ2) is 5.43. The lowest BCUT2D eigenvalue weighted by Crippen LogP contribution is -2.13. The summed E-state index contributed by atoms with van der Waals surface area (Å²) in [5.41, 5.74) is 5.63. The molecule has 0 saturated heterocycles. The van der Waals surface area contributed by atoms with E-state index in [0.717, 1.165) is 0 Å². The molecule has 0 aliphatic rings. The van der Waals surface area contributed by atoms with Gasteiger partial charge in [0.25, 0.3) is 5.91 Å². The predicted molar refractivity (Wildman–Crippen MR) is 69.4 cm³/mol. The zero-order valence-electron chi connectivity index (χ0n) is 9.11. The molecule has 0 radical (unpaired) electrons. The van der Waals surface area contributed by atoms with Crippen LogP contribution in [0.2, 0.25) is 5.02 Å². The summed E-state index contributed by atoms with van der Waals surface area (Å²) in [4.78, 5) is 15.8. The highest BCUT2D eigenvalue weighted by atomic mass is 35.5. The summed E-state index contributed by atoms with van der Waals surface area (Å²) in [6.07, 6.45) is 0. The molecule has 0 atom stereocenters. The SMILES string of the molecule is NCc1nc(C(=O)Nc2cc(Cl)ccc2F)cs1. The van der Waals surface area contributed by atoms with Crippen LogP contribution in [0.15, 0.2) is 23.6 Å². The Morgan fingerprint density at radius 2 is 2.33 bits per heavy atom. The number of hydrogen-bond donors (Lipinski definition) is 2. The molecule has 0 unspecified atom stereocenters.